The molecule has 0 aromatic heterocycles. The Labute approximate surface area is 121 Å². The number of amides is 1. The van der Waals surface area contributed by atoms with Crippen molar-refractivity contribution in [2.75, 3.05) is 19.5 Å². The van der Waals surface area contributed by atoms with Crippen LogP contribution in [-0.2, 0) is 9.53 Å². The van der Waals surface area contributed by atoms with Gasteiger partial charge in [-0.15, -0.1) is 0 Å². The molecule has 110 valence electrons. The van der Waals surface area contributed by atoms with Crippen molar-refractivity contribution in [3.63, 3.8) is 0 Å². The lowest BCUT2D eigenvalue weighted by atomic mass is 10.1. The Morgan fingerprint density at radius 1 is 1.50 bits per heavy atom. The van der Waals surface area contributed by atoms with Crippen molar-refractivity contribution < 1.29 is 19.4 Å². The minimum absolute atomic E-state index is 0.254. The van der Waals surface area contributed by atoms with Crippen LogP contribution in [0.5, 0.6) is 0 Å². The average Bonchev–Trinajstić information content (AvgIpc) is 2.40. The van der Waals surface area contributed by atoms with Crippen molar-refractivity contribution in [2.45, 2.75) is 18.9 Å². The van der Waals surface area contributed by atoms with E-state index in [9.17, 15) is 9.59 Å². The highest BCUT2D eigenvalue weighted by molar-refractivity contribution is 6.33. The number of rotatable bonds is 7. The molecule has 0 heterocycles. The molecule has 0 saturated carbocycles. The fraction of sp³-hybridized carbons (Fsp3) is 0.385. The van der Waals surface area contributed by atoms with E-state index < -0.39 is 17.9 Å². The number of benzene rings is 1. The maximum absolute atomic E-state index is 12.0. The van der Waals surface area contributed by atoms with E-state index in [0.717, 1.165) is 0 Å². The van der Waals surface area contributed by atoms with Crippen LogP contribution in [0.4, 0.5) is 5.69 Å². The lowest BCUT2D eigenvalue weighted by Gasteiger charge is -2.14. The Bertz CT molecular complexity index is 493. The molecule has 0 saturated heterocycles. The minimum atomic E-state index is -1.09. The van der Waals surface area contributed by atoms with Crippen molar-refractivity contribution >= 4 is 29.2 Å². The van der Waals surface area contributed by atoms with Gasteiger partial charge in [-0.05, 0) is 31.0 Å². The van der Waals surface area contributed by atoms with Crippen molar-refractivity contribution in [3.8, 4) is 0 Å². The zero-order valence-electron chi connectivity index (χ0n) is 11.1. The van der Waals surface area contributed by atoms with E-state index in [0.29, 0.717) is 18.7 Å². The highest BCUT2D eigenvalue weighted by atomic mass is 35.5. The second kappa shape index (κ2) is 7.72. The lowest BCUT2D eigenvalue weighted by molar-refractivity contribution is -0.139. The topological polar surface area (TPSA) is 102 Å². The highest BCUT2D eigenvalue weighted by Gasteiger charge is 2.20. The third-order valence-corrected chi connectivity index (χ3v) is 3.03. The lowest BCUT2D eigenvalue weighted by Crippen LogP contribution is -2.40. The SMILES string of the molecule is COCCCC(NC(=O)c1ccc(N)c(Cl)c1)C(=O)O. The molecule has 7 heteroatoms. The van der Waals surface area contributed by atoms with Crippen LogP contribution in [0.25, 0.3) is 0 Å². The summed E-state index contributed by atoms with van der Waals surface area (Å²) in [7, 11) is 1.53. The van der Waals surface area contributed by atoms with Gasteiger partial charge in [0.2, 0.25) is 0 Å². The predicted octanol–water partition coefficient (Wildman–Crippen LogP) is 1.53. The Morgan fingerprint density at radius 2 is 2.20 bits per heavy atom. The number of nitrogens with two attached hydrogens (primary N) is 1. The molecule has 0 aliphatic rings. The monoisotopic (exact) mass is 300 g/mol. The van der Waals surface area contributed by atoms with Crippen LogP contribution >= 0.6 is 11.6 Å². The van der Waals surface area contributed by atoms with Gasteiger partial charge < -0.3 is 20.9 Å². The Morgan fingerprint density at radius 3 is 2.75 bits per heavy atom. The number of nitrogen functional groups attached to an aromatic ring is 1. The summed E-state index contributed by atoms with van der Waals surface area (Å²) in [6.45, 7) is 0.438. The highest BCUT2D eigenvalue weighted by Crippen LogP contribution is 2.19. The molecule has 20 heavy (non-hydrogen) atoms. The Kier molecular flexibility index (Phi) is 6.27. The molecule has 0 fully saturated rings. The number of hydrogen-bond donors (Lipinski definition) is 3. The first kappa shape index (κ1) is 16.3. The van der Waals surface area contributed by atoms with E-state index in [1.807, 2.05) is 0 Å². The van der Waals surface area contributed by atoms with Gasteiger partial charge in [0, 0.05) is 19.3 Å². The van der Waals surface area contributed by atoms with Crippen LogP contribution in [0.3, 0.4) is 0 Å². The molecule has 6 nitrogen and oxygen atoms in total. The molecule has 1 atom stereocenters. The number of methoxy groups -OCH3 is 1. The molecule has 0 aliphatic carbocycles. The molecular weight excluding hydrogens is 284 g/mol. The van der Waals surface area contributed by atoms with Gasteiger partial charge in [-0.3, -0.25) is 4.79 Å². The summed E-state index contributed by atoms with van der Waals surface area (Å²) < 4.78 is 4.85. The first-order valence-electron chi connectivity index (χ1n) is 6.03. The number of carboxylic acids is 1. The first-order chi connectivity index (χ1) is 9.45. The molecule has 1 aromatic carbocycles. The summed E-state index contributed by atoms with van der Waals surface area (Å²) in [5.74, 6) is -1.59. The number of carbonyl (C=O) groups is 2. The van der Waals surface area contributed by atoms with Crippen LogP contribution < -0.4 is 11.1 Å². The van der Waals surface area contributed by atoms with Gasteiger partial charge in [-0.2, -0.15) is 0 Å². The van der Waals surface area contributed by atoms with Gasteiger partial charge in [0.15, 0.2) is 0 Å². The van der Waals surface area contributed by atoms with Crippen molar-refractivity contribution in [2.24, 2.45) is 0 Å². The van der Waals surface area contributed by atoms with Crippen molar-refractivity contribution in [1.29, 1.82) is 0 Å². The third kappa shape index (κ3) is 4.71. The Hall–Kier alpha value is -1.79. The third-order valence-electron chi connectivity index (χ3n) is 2.71. The number of carboxylic acid groups (broad SMARTS) is 1. The summed E-state index contributed by atoms with van der Waals surface area (Å²) in [5, 5.41) is 11.8. The van der Waals surface area contributed by atoms with Gasteiger partial charge in [0.25, 0.3) is 5.91 Å². The zero-order chi connectivity index (χ0) is 15.1. The summed E-state index contributed by atoms with van der Waals surface area (Å²) in [6, 6.07) is 3.43. The smallest absolute Gasteiger partial charge is 0.326 e. The summed E-state index contributed by atoms with van der Waals surface area (Å²) >= 11 is 5.82. The van der Waals surface area contributed by atoms with Crippen molar-refractivity contribution in [1.82, 2.24) is 5.32 Å². The van der Waals surface area contributed by atoms with E-state index in [1.165, 1.54) is 25.3 Å². The molecule has 1 rings (SSSR count). The second-order valence-electron chi connectivity index (χ2n) is 4.24. The number of hydrogen-bond acceptors (Lipinski definition) is 4. The van der Waals surface area contributed by atoms with E-state index in [2.05, 4.69) is 5.32 Å². The quantitative estimate of drug-likeness (QED) is 0.523. The molecular formula is C13H17ClN2O4. The normalized spacial score (nSPS) is 11.9. The van der Waals surface area contributed by atoms with Crippen LogP contribution in [0.2, 0.25) is 5.02 Å². The van der Waals surface area contributed by atoms with Crippen LogP contribution in [0, 0.1) is 0 Å². The number of nitrogens with one attached hydrogen (secondary N) is 1. The molecule has 0 bridgehead atoms. The minimum Gasteiger partial charge on any atom is -0.480 e. The molecule has 1 aromatic rings. The van der Waals surface area contributed by atoms with E-state index in [-0.39, 0.29) is 17.0 Å². The summed E-state index contributed by atoms with van der Waals surface area (Å²) in [6.07, 6.45) is 0.827. The average molecular weight is 301 g/mol. The van der Waals surface area contributed by atoms with Gasteiger partial charge in [0.1, 0.15) is 6.04 Å². The number of halogens is 1. The number of carbonyl (C=O) groups excluding carboxylic acids is 1. The number of aliphatic carboxylic acids is 1. The molecule has 4 N–H and O–H groups in total. The first-order valence-corrected chi connectivity index (χ1v) is 6.41. The molecule has 1 unspecified atom stereocenters. The van der Waals surface area contributed by atoms with Crippen LogP contribution in [0.15, 0.2) is 18.2 Å². The standard InChI is InChI=1S/C13H17ClN2O4/c1-20-6-2-3-11(13(18)19)16-12(17)8-4-5-10(15)9(14)7-8/h4-5,7,11H,2-3,6,15H2,1H3,(H,16,17)(H,18,19). The van der Waals surface area contributed by atoms with Gasteiger partial charge in [-0.1, -0.05) is 11.6 Å². The molecule has 0 spiro atoms. The Balaban J connectivity index is 2.69. The van der Waals surface area contributed by atoms with Gasteiger partial charge >= 0.3 is 5.97 Å². The van der Waals surface area contributed by atoms with Crippen LogP contribution in [-0.4, -0.2) is 36.7 Å². The van der Waals surface area contributed by atoms with E-state index in [1.54, 1.807) is 0 Å². The van der Waals surface area contributed by atoms with E-state index >= 15 is 0 Å². The molecule has 1 amide bonds. The van der Waals surface area contributed by atoms with Gasteiger partial charge in [0.05, 0.1) is 10.7 Å². The fourth-order valence-corrected chi connectivity index (χ4v) is 1.78. The largest absolute Gasteiger partial charge is 0.480 e. The zero-order valence-corrected chi connectivity index (χ0v) is 11.8. The van der Waals surface area contributed by atoms with Crippen molar-refractivity contribution in [3.05, 3.63) is 28.8 Å². The molecule has 0 radical (unpaired) electrons. The fourth-order valence-electron chi connectivity index (χ4n) is 1.60. The number of ether oxygens (including phenoxy) is 1. The number of anilines is 1. The second-order valence-corrected chi connectivity index (χ2v) is 4.64. The van der Waals surface area contributed by atoms with E-state index in [4.69, 9.17) is 27.2 Å². The molecule has 0 aliphatic heterocycles. The predicted molar refractivity (Wildman–Crippen MR) is 75.9 cm³/mol. The van der Waals surface area contributed by atoms with Gasteiger partial charge in [-0.25, -0.2) is 4.79 Å². The maximum Gasteiger partial charge on any atom is 0.326 e. The maximum atomic E-state index is 12.0. The van der Waals surface area contributed by atoms with Crippen LogP contribution in [0.1, 0.15) is 23.2 Å². The summed E-state index contributed by atoms with van der Waals surface area (Å²) in [5.41, 5.74) is 6.17. The summed E-state index contributed by atoms with van der Waals surface area (Å²) in [4.78, 5) is 23.0.